The van der Waals surface area contributed by atoms with Crippen LogP contribution in [-0.2, 0) is 9.59 Å². The van der Waals surface area contributed by atoms with Crippen LogP contribution in [0.1, 0.15) is 6.42 Å². The Bertz CT molecular complexity index is 328. The Balaban J connectivity index is 2.85. The minimum Gasteiger partial charge on any atom is -0.354 e. The molecule has 1 heterocycles. The molecule has 1 aliphatic rings. The molecule has 1 N–H and O–H groups in total. The monoisotopic (exact) mass is 260 g/mol. The van der Waals surface area contributed by atoms with Gasteiger partial charge in [-0.15, -0.1) is 0 Å². The molecular formula is C8H9F5N2O2. The quantitative estimate of drug-likeness (QED) is 0.699. The summed E-state index contributed by atoms with van der Waals surface area (Å²) in [6, 6.07) is 0. The average molecular weight is 260 g/mol. The summed E-state index contributed by atoms with van der Waals surface area (Å²) in [5.41, 5.74) is 0. The molecule has 4 nitrogen and oxygen atoms in total. The normalized spacial score (nSPS) is 18.6. The molecule has 0 saturated carbocycles. The van der Waals surface area contributed by atoms with Crippen LogP contribution in [0.25, 0.3) is 0 Å². The molecule has 1 saturated heterocycles. The maximum absolute atomic E-state index is 12.7. The first-order valence-corrected chi connectivity index (χ1v) is 4.67. The maximum atomic E-state index is 12.7. The molecule has 0 aromatic carbocycles. The molecule has 1 fully saturated rings. The summed E-state index contributed by atoms with van der Waals surface area (Å²) in [5, 5.41) is 2.26. The first kappa shape index (κ1) is 13.7. The summed E-state index contributed by atoms with van der Waals surface area (Å²) in [6.07, 6.45) is -5.82. The maximum Gasteiger partial charge on any atom is 0.463 e. The topological polar surface area (TPSA) is 49.4 Å². The van der Waals surface area contributed by atoms with Crippen molar-refractivity contribution in [3.63, 3.8) is 0 Å². The highest BCUT2D eigenvalue weighted by Crippen LogP contribution is 2.36. The Morgan fingerprint density at radius 2 is 1.82 bits per heavy atom. The molecule has 0 atom stereocenters. The molecule has 1 aliphatic heterocycles. The number of alkyl halides is 5. The third-order valence-corrected chi connectivity index (χ3v) is 2.17. The molecule has 0 aliphatic carbocycles. The summed E-state index contributed by atoms with van der Waals surface area (Å²) in [6.45, 7) is -0.964. The van der Waals surface area contributed by atoms with Gasteiger partial charge in [0.25, 0.3) is 0 Å². The van der Waals surface area contributed by atoms with Crippen LogP contribution in [0.4, 0.5) is 22.0 Å². The van der Waals surface area contributed by atoms with Gasteiger partial charge in [-0.25, -0.2) is 0 Å². The van der Waals surface area contributed by atoms with Crippen molar-refractivity contribution in [3.05, 3.63) is 0 Å². The molecule has 17 heavy (non-hydrogen) atoms. The van der Waals surface area contributed by atoms with Gasteiger partial charge >= 0.3 is 18.0 Å². The molecule has 0 aromatic rings. The number of nitrogens with one attached hydrogen (secondary N) is 1. The highest BCUT2D eigenvalue weighted by atomic mass is 19.4. The number of hydrogen-bond acceptors (Lipinski definition) is 2. The van der Waals surface area contributed by atoms with Gasteiger partial charge in [0.15, 0.2) is 0 Å². The van der Waals surface area contributed by atoms with Crippen LogP contribution in [0.2, 0.25) is 0 Å². The third kappa shape index (κ3) is 2.83. The molecule has 0 unspecified atom stereocenters. The van der Waals surface area contributed by atoms with Gasteiger partial charge in [-0.05, 0) is 6.42 Å². The van der Waals surface area contributed by atoms with Gasteiger partial charge in [0.2, 0.25) is 5.91 Å². The van der Waals surface area contributed by atoms with Crippen LogP contribution in [-0.4, -0.2) is 48.4 Å². The fraction of sp³-hybridized carbons (Fsp3) is 0.750. The van der Waals surface area contributed by atoms with Crippen molar-refractivity contribution in [2.75, 3.05) is 19.6 Å². The van der Waals surface area contributed by atoms with Gasteiger partial charge in [0.1, 0.15) is 0 Å². The lowest BCUT2D eigenvalue weighted by atomic mass is 10.2. The van der Waals surface area contributed by atoms with Gasteiger partial charge in [0, 0.05) is 13.1 Å². The molecule has 98 valence electrons. The number of amides is 2. The smallest absolute Gasteiger partial charge is 0.354 e. The van der Waals surface area contributed by atoms with Crippen LogP contribution in [0.15, 0.2) is 0 Å². The summed E-state index contributed by atoms with van der Waals surface area (Å²) >= 11 is 0. The molecule has 1 rings (SSSR count). The van der Waals surface area contributed by atoms with Crippen LogP contribution >= 0.6 is 0 Å². The minimum atomic E-state index is -5.95. The van der Waals surface area contributed by atoms with Gasteiger partial charge in [-0.2, -0.15) is 22.0 Å². The van der Waals surface area contributed by atoms with Crippen LogP contribution < -0.4 is 5.32 Å². The van der Waals surface area contributed by atoms with E-state index in [-0.39, 0.29) is 24.4 Å². The van der Waals surface area contributed by atoms with E-state index in [0.29, 0.717) is 0 Å². The Morgan fingerprint density at radius 1 is 1.24 bits per heavy atom. The van der Waals surface area contributed by atoms with Crippen molar-refractivity contribution in [3.8, 4) is 0 Å². The second kappa shape index (κ2) is 4.46. The van der Waals surface area contributed by atoms with Gasteiger partial charge < -0.3 is 10.2 Å². The number of halogens is 5. The average Bonchev–Trinajstić information content (AvgIpc) is 2.39. The van der Waals surface area contributed by atoms with Crippen molar-refractivity contribution in [1.29, 1.82) is 0 Å². The number of rotatable bonds is 1. The van der Waals surface area contributed by atoms with Crippen molar-refractivity contribution in [2.24, 2.45) is 0 Å². The van der Waals surface area contributed by atoms with E-state index >= 15 is 0 Å². The fourth-order valence-corrected chi connectivity index (χ4v) is 1.30. The van der Waals surface area contributed by atoms with Crippen LogP contribution in [0.3, 0.4) is 0 Å². The standard InChI is InChI=1S/C8H9F5N2O2/c9-7(10,8(11,12)13)6(17)15-3-1-2-14-5(16)4-15/h1-4H2,(H,14,16). The van der Waals surface area contributed by atoms with E-state index in [1.807, 2.05) is 0 Å². The van der Waals surface area contributed by atoms with E-state index in [4.69, 9.17) is 0 Å². The van der Waals surface area contributed by atoms with Crippen molar-refractivity contribution in [1.82, 2.24) is 10.2 Å². The largest absolute Gasteiger partial charge is 0.463 e. The first-order chi connectivity index (χ1) is 7.66. The molecule has 2 amide bonds. The van der Waals surface area contributed by atoms with Crippen molar-refractivity contribution < 1.29 is 31.5 Å². The van der Waals surface area contributed by atoms with Gasteiger partial charge in [-0.3, -0.25) is 9.59 Å². The fourth-order valence-electron chi connectivity index (χ4n) is 1.30. The SMILES string of the molecule is O=C1CN(C(=O)C(F)(F)C(F)(F)F)CCCN1. The van der Waals surface area contributed by atoms with Crippen LogP contribution in [0.5, 0.6) is 0 Å². The van der Waals surface area contributed by atoms with E-state index in [1.165, 1.54) is 0 Å². The van der Waals surface area contributed by atoms with Gasteiger partial charge in [0.05, 0.1) is 6.54 Å². The second-order valence-electron chi connectivity index (χ2n) is 3.50. The highest BCUT2D eigenvalue weighted by molar-refractivity contribution is 5.89. The third-order valence-electron chi connectivity index (χ3n) is 2.17. The Morgan fingerprint density at radius 3 is 2.35 bits per heavy atom. The Labute approximate surface area is 92.7 Å². The zero-order chi connectivity index (χ0) is 13.3. The number of hydrogen-bond donors (Lipinski definition) is 1. The lowest BCUT2D eigenvalue weighted by Crippen LogP contribution is -2.53. The lowest BCUT2D eigenvalue weighted by molar-refractivity contribution is -0.274. The van der Waals surface area contributed by atoms with E-state index in [1.54, 1.807) is 0 Å². The zero-order valence-corrected chi connectivity index (χ0v) is 8.48. The van der Waals surface area contributed by atoms with E-state index < -0.39 is 30.5 Å². The molecule has 0 spiro atoms. The van der Waals surface area contributed by atoms with E-state index in [0.717, 1.165) is 0 Å². The predicted octanol–water partition coefficient (Wildman–Crippen LogP) is 0.533. The van der Waals surface area contributed by atoms with Crippen molar-refractivity contribution in [2.45, 2.75) is 18.5 Å². The van der Waals surface area contributed by atoms with Crippen molar-refractivity contribution >= 4 is 11.8 Å². The van der Waals surface area contributed by atoms with Crippen LogP contribution in [0, 0.1) is 0 Å². The summed E-state index contributed by atoms with van der Waals surface area (Å²) < 4.78 is 61.3. The molecule has 0 aromatic heterocycles. The Hall–Kier alpha value is -1.41. The molecule has 9 heteroatoms. The lowest BCUT2D eigenvalue weighted by Gasteiger charge is -2.25. The minimum absolute atomic E-state index is 0.130. The van der Waals surface area contributed by atoms with E-state index in [2.05, 4.69) is 5.32 Å². The Kier molecular flexibility index (Phi) is 3.58. The molecule has 0 radical (unpaired) electrons. The summed E-state index contributed by atoms with van der Waals surface area (Å²) in [5.74, 6) is -8.60. The summed E-state index contributed by atoms with van der Waals surface area (Å²) in [4.78, 5) is 22.2. The second-order valence-corrected chi connectivity index (χ2v) is 3.50. The first-order valence-electron chi connectivity index (χ1n) is 4.67. The molecule has 0 bridgehead atoms. The highest BCUT2D eigenvalue weighted by Gasteiger charge is 2.64. The zero-order valence-electron chi connectivity index (χ0n) is 8.48. The van der Waals surface area contributed by atoms with E-state index in [9.17, 15) is 31.5 Å². The summed E-state index contributed by atoms with van der Waals surface area (Å²) in [7, 11) is 0. The molecular weight excluding hydrogens is 251 g/mol. The number of carbonyl (C=O) groups excluding carboxylic acids is 2. The number of nitrogens with zero attached hydrogens (tertiary/aromatic N) is 1. The number of carbonyl (C=O) groups is 2. The van der Waals surface area contributed by atoms with Gasteiger partial charge in [-0.1, -0.05) is 0 Å². The predicted molar refractivity (Wildman–Crippen MR) is 45.2 cm³/mol.